The van der Waals surface area contributed by atoms with Gasteiger partial charge in [-0.2, -0.15) is 0 Å². The molecule has 1 heterocycles. The summed E-state index contributed by atoms with van der Waals surface area (Å²) >= 11 is 0. The van der Waals surface area contributed by atoms with Gasteiger partial charge < -0.3 is 9.88 Å². The summed E-state index contributed by atoms with van der Waals surface area (Å²) in [7, 11) is 0. The van der Waals surface area contributed by atoms with Crippen molar-refractivity contribution in [2.75, 3.05) is 5.32 Å². The van der Waals surface area contributed by atoms with E-state index in [4.69, 9.17) is 0 Å². The normalized spacial score (nSPS) is 10.5. The Balaban J connectivity index is 1.80. The minimum absolute atomic E-state index is 0.111. The maximum absolute atomic E-state index is 14.2. The number of hydrogen-bond donors (Lipinski definition) is 1. The maximum Gasteiger partial charge on any atom is 0.299 e. The highest BCUT2D eigenvalue weighted by atomic mass is 19.1. The molecule has 3 rings (SSSR count). The number of benzene rings is 2. The third kappa shape index (κ3) is 3.48. The topological polar surface area (TPSA) is 116 Å². The number of non-ortho nitro benzene ring substituents is 1. The SMILES string of the molecule is O=[N+]([O-])c1ccc(NCc2ccc(-n3ccnc3)c(F)c2)c([N+](=O)[O-])c1. The van der Waals surface area contributed by atoms with Crippen LogP contribution in [0.15, 0.2) is 55.1 Å². The van der Waals surface area contributed by atoms with E-state index in [1.54, 1.807) is 18.3 Å². The third-order valence-corrected chi connectivity index (χ3v) is 3.67. The van der Waals surface area contributed by atoms with E-state index in [9.17, 15) is 24.6 Å². The van der Waals surface area contributed by atoms with Crippen LogP contribution in [0, 0.1) is 26.0 Å². The number of hydrogen-bond acceptors (Lipinski definition) is 6. The second-order valence-corrected chi connectivity index (χ2v) is 5.32. The zero-order valence-corrected chi connectivity index (χ0v) is 13.2. The quantitative estimate of drug-likeness (QED) is 0.533. The minimum Gasteiger partial charge on any atom is -0.375 e. The molecular weight excluding hydrogens is 345 g/mol. The predicted octanol–water partition coefficient (Wildman–Crippen LogP) is 3.44. The minimum atomic E-state index is -0.710. The Bertz CT molecular complexity index is 975. The van der Waals surface area contributed by atoms with Gasteiger partial charge in [-0.3, -0.25) is 20.2 Å². The van der Waals surface area contributed by atoms with Gasteiger partial charge in [0.2, 0.25) is 0 Å². The molecule has 1 aromatic heterocycles. The molecule has 0 bridgehead atoms. The van der Waals surface area contributed by atoms with Crippen molar-refractivity contribution < 1.29 is 14.2 Å². The lowest BCUT2D eigenvalue weighted by atomic mass is 10.1. The Morgan fingerprint density at radius 2 is 1.92 bits per heavy atom. The molecule has 3 aromatic rings. The van der Waals surface area contributed by atoms with Crippen LogP contribution in [-0.4, -0.2) is 19.4 Å². The molecule has 0 aliphatic rings. The molecule has 9 nitrogen and oxygen atoms in total. The Hall–Kier alpha value is -3.82. The lowest BCUT2D eigenvalue weighted by molar-refractivity contribution is -0.393. The van der Waals surface area contributed by atoms with Crippen molar-refractivity contribution in [2.45, 2.75) is 6.54 Å². The largest absolute Gasteiger partial charge is 0.375 e. The van der Waals surface area contributed by atoms with E-state index in [-0.39, 0.29) is 17.9 Å². The molecule has 0 atom stereocenters. The second-order valence-electron chi connectivity index (χ2n) is 5.32. The summed E-state index contributed by atoms with van der Waals surface area (Å²) < 4.78 is 15.8. The van der Waals surface area contributed by atoms with Crippen LogP contribution >= 0.6 is 0 Å². The number of nitro benzene ring substituents is 2. The first kappa shape index (κ1) is 17.0. The molecule has 0 spiro atoms. The Kier molecular flexibility index (Phi) is 4.56. The number of anilines is 1. The molecule has 0 amide bonds. The van der Waals surface area contributed by atoms with Gasteiger partial charge in [0.25, 0.3) is 11.4 Å². The van der Waals surface area contributed by atoms with Crippen LogP contribution in [0.25, 0.3) is 5.69 Å². The van der Waals surface area contributed by atoms with Crippen molar-refractivity contribution in [2.24, 2.45) is 0 Å². The lowest BCUT2D eigenvalue weighted by Crippen LogP contribution is -2.04. The average molecular weight is 357 g/mol. The van der Waals surface area contributed by atoms with Gasteiger partial charge >= 0.3 is 0 Å². The fraction of sp³-hybridized carbons (Fsp3) is 0.0625. The molecule has 0 aliphatic heterocycles. The highest BCUT2D eigenvalue weighted by Crippen LogP contribution is 2.29. The van der Waals surface area contributed by atoms with Gasteiger partial charge in [-0.15, -0.1) is 0 Å². The summed E-state index contributed by atoms with van der Waals surface area (Å²) in [5, 5.41) is 24.7. The molecule has 0 radical (unpaired) electrons. The van der Waals surface area contributed by atoms with E-state index in [1.165, 1.54) is 29.2 Å². The van der Waals surface area contributed by atoms with Crippen LogP contribution < -0.4 is 5.32 Å². The molecule has 0 aliphatic carbocycles. The number of nitrogens with one attached hydrogen (secondary N) is 1. The van der Waals surface area contributed by atoms with E-state index >= 15 is 0 Å². The first-order chi connectivity index (χ1) is 12.5. The van der Waals surface area contributed by atoms with E-state index in [0.717, 1.165) is 12.1 Å². The Morgan fingerprint density at radius 3 is 2.54 bits per heavy atom. The van der Waals surface area contributed by atoms with E-state index in [1.807, 2.05) is 0 Å². The second kappa shape index (κ2) is 6.97. The van der Waals surface area contributed by atoms with Gasteiger partial charge in [0.15, 0.2) is 0 Å². The maximum atomic E-state index is 14.2. The van der Waals surface area contributed by atoms with E-state index in [2.05, 4.69) is 10.3 Å². The van der Waals surface area contributed by atoms with Crippen LogP contribution in [0.5, 0.6) is 0 Å². The van der Waals surface area contributed by atoms with Gasteiger partial charge in [0, 0.05) is 25.0 Å². The summed E-state index contributed by atoms with van der Waals surface area (Å²) in [6.45, 7) is 0.111. The zero-order valence-electron chi connectivity index (χ0n) is 13.2. The molecule has 1 N–H and O–H groups in total. The van der Waals surface area contributed by atoms with E-state index < -0.39 is 21.4 Å². The molecule has 0 unspecified atom stereocenters. The number of aromatic nitrogens is 2. The smallest absolute Gasteiger partial charge is 0.299 e. The van der Waals surface area contributed by atoms with Gasteiger partial charge in [0.1, 0.15) is 11.5 Å². The number of nitrogens with zero attached hydrogens (tertiary/aromatic N) is 4. The van der Waals surface area contributed by atoms with Crippen molar-refractivity contribution in [1.29, 1.82) is 0 Å². The predicted molar refractivity (Wildman–Crippen MR) is 90.6 cm³/mol. The standard InChI is InChI=1S/C16H12FN5O4/c17-13-7-11(1-4-15(13)20-6-5-18-10-20)9-19-14-3-2-12(21(23)24)8-16(14)22(25)26/h1-8,10,19H,9H2. The van der Waals surface area contributed by atoms with Crippen molar-refractivity contribution >= 4 is 17.1 Å². The molecule has 10 heteroatoms. The highest BCUT2D eigenvalue weighted by molar-refractivity contribution is 5.65. The monoisotopic (exact) mass is 357 g/mol. The van der Waals surface area contributed by atoms with Gasteiger partial charge in [-0.1, -0.05) is 6.07 Å². The van der Waals surface area contributed by atoms with E-state index in [0.29, 0.717) is 11.3 Å². The summed E-state index contributed by atoms with van der Waals surface area (Å²) in [6, 6.07) is 7.84. The number of imidazole rings is 1. The summed E-state index contributed by atoms with van der Waals surface area (Å²) in [6.07, 6.45) is 4.61. The summed E-state index contributed by atoms with van der Waals surface area (Å²) in [4.78, 5) is 24.3. The number of nitro groups is 2. The van der Waals surface area contributed by atoms with Crippen molar-refractivity contribution in [3.05, 3.63) is 86.7 Å². The lowest BCUT2D eigenvalue weighted by Gasteiger charge is -2.09. The van der Waals surface area contributed by atoms with Crippen molar-refractivity contribution in [1.82, 2.24) is 9.55 Å². The van der Waals surface area contributed by atoms with Crippen LogP contribution in [0.3, 0.4) is 0 Å². The van der Waals surface area contributed by atoms with Gasteiger partial charge in [0.05, 0.1) is 27.9 Å². The molecular formula is C16H12FN5O4. The van der Waals surface area contributed by atoms with Crippen LogP contribution in [0.4, 0.5) is 21.5 Å². The highest BCUT2D eigenvalue weighted by Gasteiger charge is 2.19. The summed E-state index contributed by atoms with van der Waals surface area (Å²) in [5.41, 5.74) is 0.193. The Labute approximate surface area is 146 Å². The molecule has 0 saturated carbocycles. The number of halogens is 1. The number of rotatable bonds is 6. The third-order valence-electron chi connectivity index (χ3n) is 3.67. The van der Waals surface area contributed by atoms with Crippen molar-refractivity contribution in [3.8, 4) is 5.69 Å². The first-order valence-electron chi connectivity index (χ1n) is 7.39. The van der Waals surface area contributed by atoms with Crippen LogP contribution in [0.1, 0.15) is 5.56 Å². The van der Waals surface area contributed by atoms with Crippen molar-refractivity contribution in [3.63, 3.8) is 0 Å². The fourth-order valence-corrected chi connectivity index (χ4v) is 2.40. The van der Waals surface area contributed by atoms with Gasteiger partial charge in [-0.25, -0.2) is 9.37 Å². The average Bonchev–Trinajstić information content (AvgIpc) is 3.14. The molecule has 132 valence electrons. The van der Waals surface area contributed by atoms with Crippen LogP contribution in [0.2, 0.25) is 0 Å². The Morgan fingerprint density at radius 1 is 1.12 bits per heavy atom. The first-order valence-corrected chi connectivity index (χ1v) is 7.39. The molecule has 0 saturated heterocycles. The zero-order chi connectivity index (χ0) is 18.7. The molecule has 2 aromatic carbocycles. The van der Waals surface area contributed by atoms with Gasteiger partial charge in [-0.05, 0) is 23.8 Å². The fourth-order valence-electron chi connectivity index (χ4n) is 2.40. The van der Waals surface area contributed by atoms with Crippen LogP contribution in [-0.2, 0) is 6.54 Å². The molecule has 26 heavy (non-hydrogen) atoms. The molecule has 0 fully saturated rings. The summed E-state index contributed by atoms with van der Waals surface area (Å²) in [5.74, 6) is -0.472.